The minimum Gasteiger partial charge on any atom is -0.493 e. The van der Waals surface area contributed by atoms with Crippen LogP contribution in [0.3, 0.4) is 0 Å². The van der Waals surface area contributed by atoms with Crippen LogP contribution in [0, 0.1) is 0 Å². The Morgan fingerprint density at radius 3 is 2.21 bits per heavy atom. The quantitative estimate of drug-likeness (QED) is 0.482. The van der Waals surface area contributed by atoms with Crippen molar-refractivity contribution in [2.24, 2.45) is 4.99 Å². The van der Waals surface area contributed by atoms with E-state index in [2.05, 4.69) is 4.90 Å². The number of hydrogen-bond acceptors (Lipinski definition) is 7. The molecule has 2 aromatic rings. The maximum Gasteiger partial charge on any atom is 0.243 e. The number of ether oxygens (including phenoxy) is 3. The average Bonchev–Trinajstić information content (AvgIpc) is 3.37. The number of methoxy groups -OCH3 is 3. The van der Waals surface area contributed by atoms with Crippen LogP contribution < -0.4 is 19.1 Å². The van der Waals surface area contributed by atoms with Gasteiger partial charge in [-0.1, -0.05) is 13.8 Å². The second kappa shape index (κ2) is 10.9. The van der Waals surface area contributed by atoms with Gasteiger partial charge >= 0.3 is 0 Å². The summed E-state index contributed by atoms with van der Waals surface area (Å²) in [7, 11) is 1.07. The molecule has 0 amide bonds. The van der Waals surface area contributed by atoms with Crippen molar-refractivity contribution in [1.82, 2.24) is 4.31 Å². The number of sulfonamides is 1. The number of anilines is 1. The monoisotopic (exact) mass is 475 g/mol. The van der Waals surface area contributed by atoms with Crippen molar-refractivity contribution in [2.75, 3.05) is 52.4 Å². The van der Waals surface area contributed by atoms with E-state index in [-0.39, 0.29) is 4.90 Å². The summed E-state index contributed by atoms with van der Waals surface area (Å²) in [5.41, 5.74) is 2.21. The van der Waals surface area contributed by atoms with Gasteiger partial charge in [0.15, 0.2) is 11.5 Å². The van der Waals surface area contributed by atoms with Crippen LogP contribution in [0.5, 0.6) is 17.2 Å². The molecule has 0 aromatic heterocycles. The molecule has 2 aromatic carbocycles. The van der Waals surface area contributed by atoms with Gasteiger partial charge in [0, 0.05) is 38.0 Å². The van der Waals surface area contributed by atoms with Crippen LogP contribution in [-0.2, 0) is 10.0 Å². The van der Waals surface area contributed by atoms with Crippen molar-refractivity contribution < 1.29 is 22.6 Å². The normalized spacial score (nSPS) is 14.3. The summed E-state index contributed by atoms with van der Waals surface area (Å²) in [5.74, 6) is 1.52. The van der Waals surface area contributed by atoms with E-state index in [9.17, 15) is 8.42 Å². The van der Waals surface area contributed by atoms with Gasteiger partial charge in [0.05, 0.1) is 37.6 Å². The van der Waals surface area contributed by atoms with Gasteiger partial charge in [-0.3, -0.25) is 4.99 Å². The number of benzene rings is 2. The van der Waals surface area contributed by atoms with Crippen molar-refractivity contribution in [3.05, 3.63) is 35.9 Å². The van der Waals surface area contributed by atoms with Crippen LogP contribution in [0.4, 0.5) is 11.4 Å². The zero-order valence-corrected chi connectivity index (χ0v) is 20.8. The maximum atomic E-state index is 13.1. The summed E-state index contributed by atoms with van der Waals surface area (Å²) in [5, 5.41) is 0. The fourth-order valence-corrected chi connectivity index (χ4v) is 5.55. The summed E-state index contributed by atoms with van der Waals surface area (Å²) in [6, 6.07) is 8.81. The average molecular weight is 476 g/mol. The second-order valence-electron chi connectivity index (χ2n) is 7.62. The lowest BCUT2D eigenvalue weighted by atomic mass is 10.1. The summed E-state index contributed by atoms with van der Waals surface area (Å²) in [6.07, 6.45) is 3.88. The predicted molar refractivity (Wildman–Crippen MR) is 131 cm³/mol. The van der Waals surface area contributed by atoms with Crippen molar-refractivity contribution in [2.45, 2.75) is 31.6 Å². The Kier molecular flexibility index (Phi) is 8.20. The van der Waals surface area contributed by atoms with Crippen molar-refractivity contribution in [3.8, 4) is 17.2 Å². The summed E-state index contributed by atoms with van der Waals surface area (Å²) >= 11 is 0. The van der Waals surface area contributed by atoms with Gasteiger partial charge in [0.2, 0.25) is 15.8 Å². The van der Waals surface area contributed by atoms with Gasteiger partial charge in [-0.05, 0) is 43.2 Å². The third kappa shape index (κ3) is 5.09. The predicted octanol–water partition coefficient (Wildman–Crippen LogP) is 4.09. The maximum absolute atomic E-state index is 13.1. The Morgan fingerprint density at radius 2 is 1.64 bits per heavy atom. The first-order valence-corrected chi connectivity index (χ1v) is 12.6. The molecule has 0 spiro atoms. The molecule has 3 rings (SSSR count). The molecular weight excluding hydrogens is 442 g/mol. The lowest BCUT2D eigenvalue weighted by Crippen LogP contribution is -2.30. The van der Waals surface area contributed by atoms with E-state index in [0.29, 0.717) is 41.6 Å². The lowest BCUT2D eigenvalue weighted by Gasteiger charge is -2.22. The van der Waals surface area contributed by atoms with E-state index in [1.54, 1.807) is 45.7 Å². The number of rotatable bonds is 10. The third-order valence-corrected chi connectivity index (χ3v) is 7.86. The molecule has 33 heavy (non-hydrogen) atoms. The molecule has 180 valence electrons. The highest BCUT2D eigenvalue weighted by atomic mass is 32.2. The fraction of sp³-hybridized carbons (Fsp3) is 0.458. The topological polar surface area (TPSA) is 80.7 Å². The Bertz CT molecular complexity index is 1090. The van der Waals surface area contributed by atoms with Crippen LogP contribution in [0.2, 0.25) is 0 Å². The molecule has 1 aliphatic rings. The van der Waals surface area contributed by atoms with Crippen LogP contribution in [0.15, 0.2) is 40.2 Å². The third-order valence-electron chi connectivity index (χ3n) is 5.81. The fourth-order valence-electron chi connectivity index (χ4n) is 4.07. The first-order chi connectivity index (χ1) is 15.9. The highest BCUT2D eigenvalue weighted by molar-refractivity contribution is 7.89. The van der Waals surface area contributed by atoms with E-state index >= 15 is 0 Å². The molecular formula is C24H33N3O5S. The van der Waals surface area contributed by atoms with Crippen LogP contribution >= 0.6 is 0 Å². The van der Waals surface area contributed by atoms with Crippen LogP contribution in [0.1, 0.15) is 32.3 Å². The minimum atomic E-state index is -3.60. The van der Waals surface area contributed by atoms with Gasteiger partial charge in [-0.2, -0.15) is 4.31 Å². The first kappa shape index (κ1) is 24.9. The highest BCUT2D eigenvalue weighted by Gasteiger charge is 2.24. The molecule has 1 aliphatic heterocycles. The van der Waals surface area contributed by atoms with E-state index in [1.807, 2.05) is 26.0 Å². The van der Waals surface area contributed by atoms with E-state index < -0.39 is 10.0 Å². The largest absolute Gasteiger partial charge is 0.493 e. The van der Waals surface area contributed by atoms with Crippen molar-refractivity contribution in [1.29, 1.82) is 0 Å². The molecule has 9 heteroatoms. The molecule has 0 atom stereocenters. The molecule has 8 nitrogen and oxygen atoms in total. The van der Waals surface area contributed by atoms with Gasteiger partial charge < -0.3 is 19.1 Å². The Labute approximate surface area is 196 Å². The molecule has 1 fully saturated rings. The van der Waals surface area contributed by atoms with Gasteiger partial charge in [-0.25, -0.2) is 8.42 Å². The van der Waals surface area contributed by atoms with Gasteiger partial charge in [0.1, 0.15) is 0 Å². The SMILES string of the molecule is CCN(CC)S(=O)(=O)c1ccc(N2CCCC2)c(N=Cc2ccc(OC)c(OC)c2OC)c1. The van der Waals surface area contributed by atoms with Crippen molar-refractivity contribution in [3.63, 3.8) is 0 Å². The Hall–Kier alpha value is -2.78. The molecule has 0 radical (unpaired) electrons. The summed E-state index contributed by atoms with van der Waals surface area (Å²) in [6.45, 7) is 6.33. The Morgan fingerprint density at radius 1 is 0.970 bits per heavy atom. The van der Waals surface area contributed by atoms with E-state index in [4.69, 9.17) is 19.2 Å². The van der Waals surface area contributed by atoms with E-state index in [1.165, 1.54) is 4.31 Å². The lowest BCUT2D eigenvalue weighted by molar-refractivity contribution is 0.324. The minimum absolute atomic E-state index is 0.237. The number of aliphatic imine (C=N–C) groups is 1. The summed E-state index contributed by atoms with van der Waals surface area (Å²) < 4.78 is 44.1. The zero-order chi connectivity index (χ0) is 24.0. The van der Waals surface area contributed by atoms with Gasteiger partial charge in [0.25, 0.3) is 0 Å². The van der Waals surface area contributed by atoms with E-state index in [0.717, 1.165) is 31.6 Å². The molecule has 1 heterocycles. The van der Waals surface area contributed by atoms with Crippen LogP contribution in [0.25, 0.3) is 0 Å². The summed E-state index contributed by atoms with van der Waals surface area (Å²) in [4.78, 5) is 7.20. The first-order valence-electron chi connectivity index (χ1n) is 11.1. The molecule has 0 bridgehead atoms. The molecule has 0 unspecified atom stereocenters. The number of hydrogen-bond donors (Lipinski definition) is 0. The zero-order valence-electron chi connectivity index (χ0n) is 20.0. The molecule has 0 saturated carbocycles. The Balaban J connectivity index is 2.10. The molecule has 0 N–H and O–H groups in total. The van der Waals surface area contributed by atoms with Gasteiger partial charge in [-0.15, -0.1) is 0 Å². The molecule has 0 aliphatic carbocycles. The smallest absolute Gasteiger partial charge is 0.243 e. The van der Waals surface area contributed by atoms with Crippen LogP contribution in [-0.4, -0.2) is 66.4 Å². The standard InChI is InChI=1S/C24H33N3O5S/c1-6-27(7-2)33(28,29)19-11-12-21(26-14-8-9-15-26)20(16-19)25-17-18-10-13-22(30-3)24(32-5)23(18)31-4/h10-13,16-17H,6-9,14-15H2,1-5H3. The molecule has 1 saturated heterocycles. The second-order valence-corrected chi connectivity index (χ2v) is 9.55. The highest BCUT2D eigenvalue weighted by Crippen LogP contribution is 2.40. The number of nitrogens with zero attached hydrogens (tertiary/aromatic N) is 3. The van der Waals surface area contributed by atoms with Crippen molar-refractivity contribution >= 4 is 27.6 Å².